The van der Waals surface area contributed by atoms with E-state index in [0.717, 1.165) is 44.3 Å². The number of nitrogens with one attached hydrogen (secondary N) is 1. The van der Waals surface area contributed by atoms with Gasteiger partial charge in [0.25, 0.3) is 0 Å². The molecule has 2 unspecified atom stereocenters. The molecule has 1 aliphatic carbocycles. The normalized spacial score (nSPS) is 26.4. The lowest BCUT2D eigenvalue weighted by molar-refractivity contribution is -0.131. The van der Waals surface area contributed by atoms with Crippen LogP contribution in [0.25, 0.3) is 0 Å². The molecule has 21 heavy (non-hydrogen) atoms. The number of likely N-dealkylation sites (N-methyl/N-ethyl adjacent to an activating group) is 1. The van der Waals surface area contributed by atoms with Crippen LogP contribution >= 0.6 is 0 Å². The Balaban J connectivity index is 1.93. The zero-order chi connectivity index (χ0) is 15.2. The van der Waals surface area contributed by atoms with E-state index in [0.29, 0.717) is 17.9 Å². The van der Waals surface area contributed by atoms with Crippen molar-refractivity contribution in [3.63, 3.8) is 0 Å². The molecule has 0 aromatic carbocycles. The Morgan fingerprint density at radius 2 is 1.86 bits per heavy atom. The molecule has 2 atom stereocenters. The van der Waals surface area contributed by atoms with Gasteiger partial charge in [-0.05, 0) is 50.0 Å². The Hall–Kier alpha value is -0.570. The second-order valence-electron chi connectivity index (χ2n) is 7.38. The summed E-state index contributed by atoms with van der Waals surface area (Å²) in [6.07, 6.45) is 8.45. The van der Waals surface area contributed by atoms with E-state index in [1.165, 1.54) is 32.1 Å². The molecule has 0 aromatic rings. The van der Waals surface area contributed by atoms with Gasteiger partial charge in [0, 0.05) is 25.6 Å². The average molecular weight is 294 g/mol. The maximum atomic E-state index is 12.4. The van der Waals surface area contributed by atoms with E-state index in [9.17, 15) is 4.79 Å². The standard InChI is InChI=1S/C18H34N2O/c1-4-19-17(16-7-5-6-8-16)13-20-12-11-15(14(2)3)9-10-18(20)21/h14-17,19H,4-13H2,1-3H3. The second-order valence-corrected chi connectivity index (χ2v) is 7.38. The van der Waals surface area contributed by atoms with Gasteiger partial charge in [0.05, 0.1) is 0 Å². The van der Waals surface area contributed by atoms with Crippen molar-refractivity contribution in [1.82, 2.24) is 10.2 Å². The predicted octanol–water partition coefficient (Wildman–Crippen LogP) is 3.44. The van der Waals surface area contributed by atoms with Gasteiger partial charge in [0.15, 0.2) is 0 Å². The van der Waals surface area contributed by atoms with Crippen LogP contribution in [0.15, 0.2) is 0 Å². The lowest BCUT2D eigenvalue weighted by atomic mass is 9.89. The van der Waals surface area contributed by atoms with Crippen LogP contribution in [0.1, 0.15) is 65.7 Å². The minimum absolute atomic E-state index is 0.388. The van der Waals surface area contributed by atoms with Crippen molar-refractivity contribution in [3.8, 4) is 0 Å². The smallest absolute Gasteiger partial charge is 0.222 e. The largest absolute Gasteiger partial charge is 0.341 e. The third kappa shape index (κ3) is 4.70. The van der Waals surface area contributed by atoms with E-state index in [2.05, 4.69) is 31.0 Å². The fourth-order valence-electron chi connectivity index (χ4n) is 4.16. The first-order valence-electron chi connectivity index (χ1n) is 9.13. The minimum Gasteiger partial charge on any atom is -0.341 e. The summed E-state index contributed by atoms with van der Waals surface area (Å²) >= 11 is 0. The van der Waals surface area contributed by atoms with Gasteiger partial charge < -0.3 is 10.2 Å². The monoisotopic (exact) mass is 294 g/mol. The van der Waals surface area contributed by atoms with Crippen LogP contribution in [-0.2, 0) is 4.79 Å². The third-order valence-corrected chi connectivity index (χ3v) is 5.65. The summed E-state index contributed by atoms with van der Waals surface area (Å²) in [5.74, 6) is 2.60. The summed E-state index contributed by atoms with van der Waals surface area (Å²) in [7, 11) is 0. The first-order chi connectivity index (χ1) is 10.1. The number of amides is 1. The highest BCUT2D eigenvalue weighted by Crippen LogP contribution is 2.30. The van der Waals surface area contributed by atoms with Crippen molar-refractivity contribution in [2.75, 3.05) is 19.6 Å². The summed E-state index contributed by atoms with van der Waals surface area (Å²) in [5.41, 5.74) is 0. The lowest BCUT2D eigenvalue weighted by Crippen LogP contribution is -2.47. The van der Waals surface area contributed by atoms with Crippen molar-refractivity contribution >= 4 is 5.91 Å². The van der Waals surface area contributed by atoms with Crippen molar-refractivity contribution in [3.05, 3.63) is 0 Å². The van der Waals surface area contributed by atoms with Gasteiger partial charge in [0.2, 0.25) is 5.91 Å². The number of carbonyl (C=O) groups excluding carboxylic acids is 1. The van der Waals surface area contributed by atoms with Gasteiger partial charge in [-0.3, -0.25) is 4.79 Å². The number of hydrogen-bond acceptors (Lipinski definition) is 2. The Morgan fingerprint density at radius 1 is 1.14 bits per heavy atom. The van der Waals surface area contributed by atoms with Crippen molar-refractivity contribution in [2.24, 2.45) is 17.8 Å². The predicted molar refractivity (Wildman–Crippen MR) is 88.2 cm³/mol. The lowest BCUT2D eigenvalue weighted by Gasteiger charge is -2.31. The summed E-state index contributed by atoms with van der Waals surface area (Å²) in [6.45, 7) is 9.69. The summed E-state index contributed by atoms with van der Waals surface area (Å²) in [5, 5.41) is 3.65. The van der Waals surface area contributed by atoms with Gasteiger partial charge in [-0.2, -0.15) is 0 Å². The van der Waals surface area contributed by atoms with Crippen LogP contribution < -0.4 is 5.32 Å². The van der Waals surface area contributed by atoms with Crippen LogP contribution in [0.3, 0.4) is 0 Å². The molecule has 3 heteroatoms. The van der Waals surface area contributed by atoms with E-state index in [1.54, 1.807) is 0 Å². The van der Waals surface area contributed by atoms with E-state index in [-0.39, 0.29) is 0 Å². The van der Waals surface area contributed by atoms with Crippen LogP contribution in [-0.4, -0.2) is 36.5 Å². The molecule has 0 radical (unpaired) electrons. The average Bonchev–Trinajstić information content (AvgIpc) is 2.92. The van der Waals surface area contributed by atoms with E-state index in [1.807, 2.05) is 0 Å². The zero-order valence-electron chi connectivity index (χ0n) is 14.2. The molecule has 0 aromatic heterocycles. The summed E-state index contributed by atoms with van der Waals surface area (Å²) < 4.78 is 0. The molecule has 1 amide bonds. The molecule has 0 spiro atoms. The van der Waals surface area contributed by atoms with Gasteiger partial charge in [0.1, 0.15) is 0 Å². The fraction of sp³-hybridized carbons (Fsp3) is 0.944. The molecule has 1 aliphatic heterocycles. The number of nitrogens with zero attached hydrogens (tertiary/aromatic N) is 1. The number of hydrogen-bond donors (Lipinski definition) is 1. The van der Waals surface area contributed by atoms with Crippen molar-refractivity contribution in [2.45, 2.75) is 71.8 Å². The first kappa shape index (κ1) is 16.8. The first-order valence-corrected chi connectivity index (χ1v) is 9.13. The van der Waals surface area contributed by atoms with Crippen LogP contribution in [0.2, 0.25) is 0 Å². The number of likely N-dealkylation sites (tertiary alicyclic amines) is 1. The summed E-state index contributed by atoms with van der Waals surface area (Å²) in [4.78, 5) is 14.6. The highest BCUT2D eigenvalue weighted by atomic mass is 16.2. The van der Waals surface area contributed by atoms with Crippen molar-refractivity contribution < 1.29 is 4.79 Å². The molecule has 1 saturated carbocycles. The van der Waals surface area contributed by atoms with Gasteiger partial charge in [-0.15, -0.1) is 0 Å². The molecule has 3 nitrogen and oxygen atoms in total. The van der Waals surface area contributed by atoms with Crippen LogP contribution in [0, 0.1) is 17.8 Å². The molecule has 2 rings (SSSR count). The second kappa shape index (κ2) is 8.17. The van der Waals surface area contributed by atoms with Gasteiger partial charge >= 0.3 is 0 Å². The quantitative estimate of drug-likeness (QED) is 0.814. The highest BCUT2D eigenvalue weighted by Gasteiger charge is 2.30. The van der Waals surface area contributed by atoms with Crippen LogP contribution in [0.5, 0.6) is 0 Å². The molecule has 2 fully saturated rings. The summed E-state index contributed by atoms with van der Waals surface area (Å²) in [6, 6.07) is 0.511. The highest BCUT2D eigenvalue weighted by molar-refractivity contribution is 5.76. The van der Waals surface area contributed by atoms with Crippen LogP contribution in [0.4, 0.5) is 0 Å². The third-order valence-electron chi connectivity index (χ3n) is 5.65. The Morgan fingerprint density at radius 3 is 2.48 bits per heavy atom. The molecule has 1 heterocycles. The van der Waals surface area contributed by atoms with E-state index < -0.39 is 0 Å². The maximum Gasteiger partial charge on any atom is 0.222 e. The fourth-order valence-corrected chi connectivity index (χ4v) is 4.16. The number of carbonyl (C=O) groups is 1. The zero-order valence-corrected chi connectivity index (χ0v) is 14.2. The molecule has 122 valence electrons. The topological polar surface area (TPSA) is 32.3 Å². The SMILES string of the molecule is CCNC(CN1CCC(C(C)C)CCC1=O)C1CCCC1. The molecule has 0 bridgehead atoms. The van der Waals surface area contributed by atoms with E-state index in [4.69, 9.17) is 0 Å². The maximum absolute atomic E-state index is 12.4. The molecule has 2 aliphatic rings. The molecule has 1 saturated heterocycles. The molecular formula is C18H34N2O. The van der Waals surface area contributed by atoms with Gasteiger partial charge in [-0.25, -0.2) is 0 Å². The molecule has 1 N–H and O–H groups in total. The Labute approximate surface area is 130 Å². The van der Waals surface area contributed by atoms with Gasteiger partial charge in [-0.1, -0.05) is 33.6 Å². The van der Waals surface area contributed by atoms with Crippen molar-refractivity contribution in [1.29, 1.82) is 0 Å². The van der Waals surface area contributed by atoms with E-state index >= 15 is 0 Å². The Bertz CT molecular complexity index is 323. The minimum atomic E-state index is 0.388. The number of rotatable bonds is 6. The molecular weight excluding hydrogens is 260 g/mol. The Kier molecular flexibility index (Phi) is 6.53.